The van der Waals surface area contributed by atoms with E-state index in [9.17, 15) is 13.2 Å². The Kier molecular flexibility index (Phi) is 4.48. The van der Waals surface area contributed by atoms with Gasteiger partial charge in [0.05, 0.1) is 6.10 Å². The van der Waals surface area contributed by atoms with Gasteiger partial charge in [0.1, 0.15) is 9.09 Å². The largest absolute Gasteiger partial charge is 0.477 e. The Hall–Kier alpha value is -0.960. The highest BCUT2D eigenvalue weighted by Crippen LogP contribution is 2.28. The summed E-state index contributed by atoms with van der Waals surface area (Å²) < 4.78 is 31.5. The van der Waals surface area contributed by atoms with Crippen LogP contribution >= 0.6 is 11.3 Å². The Morgan fingerprint density at radius 1 is 1.60 bits per heavy atom. The lowest BCUT2D eigenvalue weighted by molar-refractivity contribution is 0.0701. The minimum atomic E-state index is -3.65. The predicted molar refractivity (Wildman–Crippen MR) is 74.8 cm³/mol. The first-order chi connectivity index (χ1) is 9.32. The smallest absolute Gasteiger partial charge is 0.346 e. The molecule has 1 aliphatic heterocycles. The van der Waals surface area contributed by atoms with Gasteiger partial charge in [0.2, 0.25) is 0 Å². The van der Waals surface area contributed by atoms with Crippen LogP contribution in [0.3, 0.4) is 0 Å². The molecule has 1 aromatic rings. The summed E-state index contributed by atoms with van der Waals surface area (Å²) >= 11 is 0.791. The van der Waals surface area contributed by atoms with Crippen LogP contribution in [0.25, 0.3) is 0 Å². The van der Waals surface area contributed by atoms with Crippen molar-refractivity contribution in [2.24, 2.45) is 0 Å². The van der Waals surface area contributed by atoms with Gasteiger partial charge in [-0.25, -0.2) is 13.2 Å². The number of sulfonamides is 1. The maximum Gasteiger partial charge on any atom is 0.346 e. The van der Waals surface area contributed by atoms with Gasteiger partial charge in [-0.3, -0.25) is 0 Å². The molecular weight excluding hydrogens is 302 g/mol. The van der Waals surface area contributed by atoms with E-state index in [0.717, 1.165) is 24.2 Å². The minimum absolute atomic E-state index is 0.0629. The van der Waals surface area contributed by atoms with Gasteiger partial charge < -0.3 is 9.84 Å². The molecule has 8 heteroatoms. The summed E-state index contributed by atoms with van der Waals surface area (Å²) in [6.07, 6.45) is 1.72. The summed E-state index contributed by atoms with van der Waals surface area (Å²) in [6.45, 7) is 2.56. The van der Waals surface area contributed by atoms with Crippen LogP contribution in [0.5, 0.6) is 0 Å². The normalized spacial score (nSPS) is 19.6. The highest BCUT2D eigenvalue weighted by atomic mass is 32.2. The van der Waals surface area contributed by atoms with Gasteiger partial charge in [-0.05, 0) is 31.4 Å². The molecule has 2 heterocycles. The van der Waals surface area contributed by atoms with Crippen LogP contribution < -0.4 is 0 Å². The molecule has 1 atom stereocenters. The molecule has 0 bridgehead atoms. The average molecular weight is 319 g/mol. The van der Waals surface area contributed by atoms with Crippen molar-refractivity contribution in [2.75, 3.05) is 20.2 Å². The Balaban J connectivity index is 2.20. The second kappa shape index (κ2) is 5.80. The second-order valence-corrected chi connectivity index (χ2v) is 8.13. The summed E-state index contributed by atoms with van der Waals surface area (Å²) in [5.74, 6) is -1.10. The van der Waals surface area contributed by atoms with Crippen LogP contribution in [-0.2, 0) is 14.8 Å². The third-order valence-electron chi connectivity index (χ3n) is 3.24. The van der Waals surface area contributed by atoms with Crippen LogP contribution in [0.2, 0.25) is 0 Å². The number of thiophene rings is 1. The fourth-order valence-electron chi connectivity index (χ4n) is 2.12. The topological polar surface area (TPSA) is 83.9 Å². The van der Waals surface area contributed by atoms with Crippen molar-refractivity contribution in [1.82, 2.24) is 4.31 Å². The Labute approximate surface area is 122 Å². The molecule has 6 nitrogen and oxygen atoms in total. The summed E-state index contributed by atoms with van der Waals surface area (Å²) in [5.41, 5.74) is 0.464. The first kappa shape index (κ1) is 15.4. The van der Waals surface area contributed by atoms with Crippen LogP contribution in [-0.4, -0.2) is 50.1 Å². The molecule has 2 rings (SSSR count). The minimum Gasteiger partial charge on any atom is -0.477 e. The monoisotopic (exact) mass is 319 g/mol. The molecule has 112 valence electrons. The number of hydrogen-bond acceptors (Lipinski definition) is 5. The molecule has 0 amide bonds. The predicted octanol–water partition coefficient (Wildman–Crippen LogP) is 1.55. The van der Waals surface area contributed by atoms with E-state index < -0.39 is 16.0 Å². The summed E-state index contributed by atoms with van der Waals surface area (Å²) in [6, 6.07) is 1.41. The molecule has 1 aromatic heterocycles. The first-order valence-corrected chi connectivity index (χ1v) is 8.49. The highest BCUT2D eigenvalue weighted by molar-refractivity contribution is 7.91. The van der Waals surface area contributed by atoms with E-state index >= 15 is 0 Å². The molecule has 1 aliphatic rings. The van der Waals surface area contributed by atoms with E-state index in [0.29, 0.717) is 18.7 Å². The molecular formula is C12H17NO5S2. The number of nitrogens with zero attached hydrogens (tertiary/aromatic N) is 1. The zero-order valence-corrected chi connectivity index (χ0v) is 13.0. The van der Waals surface area contributed by atoms with Crippen molar-refractivity contribution in [3.8, 4) is 0 Å². The van der Waals surface area contributed by atoms with E-state index in [4.69, 9.17) is 9.84 Å². The molecule has 1 saturated heterocycles. The molecule has 0 spiro atoms. The van der Waals surface area contributed by atoms with Gasteiger partial charge >= 0.3 is 5.97 Å². The first-order valence-electron chi connectivity index (χ1n) is 6.24. The standard InChI is InChI=1S/C12H17NO5S2/c1-8-6-10(19-11(8)12(14)15)20(16,17)13(2)7-9-4-3-5-18-9/h6,9H,3-5,7H2,1-2H3,(H,14,15). The molecule has 0 aliphatic carbocycles. The van der Waals surface area contributed by atoms with Crippen molar-refractivity contribution < 1.29 is 23.1 Å². The van der Waals surface area contributed by atoms with Gasteiger partial charge in [-0.2, -0.15) is 4.31 Å². The van der Waals surface area contributed by atoms with E-state index in [-0.39, 0.29) is 15.2 Å². The lowest BCUT2D eigenvalue weighted by Gasteiger charge is -2.19. The van der Waals surface area contributed by atoms with Gasteiger partial charge in [0, 0.05) is 20.2 Å². The quantitative estimate of drug-likeness (QED) is 0.890. The fourth-order valence-corrected chi connectivity index (χ4v) is 4.91. The highest BCUT2D eigenvalue weighted by Gasteiger charge is 2.28. The van der Waals surface area contributed by atoms with Gasteiger partial charge in [0.25, 0.3) is 10.0 Å². The van der Waals surface area contributed by atoms with Crippen LogP contribution in [0.4, 0.5) is 0 Å². The number of aryl methyl sites for hydroxylation is 1. The molecule has 1 N–H and O–H groups in total. The number of likely N-dealkylation sites (N-methyl/N-ethyl adjacent to an activating group) is 1. The van der Waals surface area contributed by atoms with E-state index in [1.165, 1.54) is 17.4 Å². The van der Waals surface area contributed by atoms with Crippen molar-refractivity contribution in [2.45, 2.75) is 30.1 Å². The lowest BCUT2D eigenvalue weighted by Crippen LogP contribution is -2.33. The summed E-state index contributed by atoms with van der Waals surface area (Å²) in [5, 5.41) is 9.00. The Morgan fingerprint density at radius 2 is 2.30 bits per heavy atom. The number of rotatable bonds is 5. The number of carboxylic acids is 1. The summed E-state index contributed by atoms with van der Waals surface area (Å²) in [4.78, 5) is 11.1. The molecule has 0 aromatic carbocycles. The maximum absolute atomic E-state index is 12.4. The fraction of sp³-hybridized carbons (Fsp3) is 0.583. The number of aromatic carboxylic acids is 1. The lowest BCUT2D eigenvalue weighted by atomic mass is 10.2. The molecule has 0 saturated carbocycles. The number of carbonyl (C=O) groups is 1. The van der Waals surface area contributed by atoms with Crippen molar-refractivity contribution in [1.29, 1.82) is 0 Å². The maximum atomic E-state index is 12.4. The summed E-state index contributed by atoms with van der Waals surface area (Å²) in [7, 11) is -2.16. The zero-order chi connectivity index (χ0) is 14.9. The third-order valence-corrected chi connectivity index (χ3v) is 6.74. The van der Waals surface area contributed by atoms with Crippen molar-refractivity contribution >= 4 is 27.3 Å². The number of hydrogen-bond donors (Lipinski definition) is 1. The molecule has 0 radical (unpaired) electrons. The van der Waals surface area contributed by atoms with Crippen LogP contribution in [0, 0.1) is 6.92 Å². The average Bonchev–Trinajstić information content (AvgIpc) is 2.98. The van der Waals surface area contributed by atoms with E-state index in [1.54, 1.807) is 6.92 Å². The number of ether oxygens (including phenoxy) is 1. The van der Waals surface area contributed by atoms with Crippen LogP contribution in [0.15, 0.2) is 10.3 Å². The Bertz CT molecular complexity index is 601. The number of carboxylic acid groups (broad SMARTS) is 1. The SMILES string of the molecule is Cc1cc(S(=O)(=O)N(C)CC2CCCO2)sc1C(=O)O. The zero-order valence-electron chi connectivity index (χ0n) is 11.3. The molecule has 1 unspecified atom stereocenters. The van der Waals surface area contributed by atoms with Gasteiger partial charge in [-0.15, -0.1) is 11.3 Å². The molecule has 1 fully saturated rings. The van der Waals surface area contributed by atoms with Gasteiger partial charge in [-0.1, -0.05) is 0 Å². The van der Waals surface area contributed by atoms with Gasteiger partial charge in [0.15, 0.2) is 0 Å². The van der Waals surface area contributed by atoms with Crippen LogP contribution in [0.1, 0.15) is 28.1 Å². The second-order valence-electron chi connectivity index (χ2n) is 4.80. The van der Waals surface area contributed by atoms with E-state index in [2.05, 4.69) is 0 Å². The molecule has 20 heavy (non-hydrogen) atoms. The Morgan fingerprint density at radius 3 is 2.80 bits per heavy atom. The van der Waals surface area contributed by atoms with Crippen molar-refractivity contribution in [3.05, 3.63) is 16.5 Å². The van der Waals surface area contributed by atoms with Crippen molar-refractivity contribution in [3.63, 3.8) is 0 Å². The van der Waals surface area contributed by atoms with E-state index in [1.807, 2.05) is 0 Å². The third kappa shape index (κ3) is 3.03.